The van der Waals surface area contributed by atoms with Crippen LogP contribution in [0.15, 0.2) is 0 Å². The Morgan fingerprint density at radius 3 is 2.18 bits per heavy atom. The minimum absolute atomic E-state index is 0.723. The van der Waals surface area contributed by atoms with Crippen LogP contribution in [0.5, 0.6) is 0 Å². The summed E-state index contributed by atoms with van der Waals surface area (Å²) in [5, 5.41) is 4.63. The van der Waals surface area contributed by atoms with Gasteiger partial charge in [0.2, 0.25) is 0 Å². The molecule has 2 unspecified atom stereocenters. The molecule has 1 rings (SSSR count). The molecule has 1 aliphatic rings. The van der Waals surface area contributed by atoms with Crippen molar-refractivity contribution in [2.75, 3.05) is 5.75 Å². The lowest BCUT2D eigenvalue weighted by atomic mass is 9.90. The molecule has 0 saturated carbocycles. The lowest BCUT2D eigenvalue weighted by molar-refractivity contribution is 0.295. The quantitative estimate of drug-likeness (QED) is 0.719. The molecule has 1 nitrogen and oxygen atoms in total. The summed E-state index contributed by atoms with van der Waals surface area (Å²) < 4.78 is 0. The first-order valence-electron chi connectivity index (χ1n) is 7.47. The highest BCUT2D eigenvalue weighted by Crippen LogP contribution is 2.34. The fourth-order valence-corrected chi connectivity index (χ4v) is 4.37. The van der Waals surface area contributed by atoms with Crippen LogP contribution in [0, 0.1) is 17.8 Å². The molecule has 0 aromatic heterocycles. The van der Waals surface area contributed by atoms with E-state index in [1.165, 1.54) is 31.4 Å². The minimum Gasteiger partial charge on any atom is -0.301 e. The predicted octanol–water partition coefficient (Wildman–Crippen LogP) is 4.53. The van der Waals surface area contributed by atoms with Crippen molar-refractivity contribution in [3.8, 4) is 0 Å². The molecule has 0 amide bonds. The summed E-state index contributed by atoms with van der Waals surface area (Å²) in [5.41, 5.74) is 0. The van der Waals surface area contributed by atoms with Crippen LogP contribution < -0.4 is 5.32 Å². The zero-order valence-electron chi connectivity index (χ0n) is 12.3. The van der Waals surface area contributed by atoms with Crippen molar-refractivity contribution in [3.63, 3.8) is 0 Å². The minimum atomic E-state index is 0.723. The van der Waals surface area contributed by atoms with Crippen molar-refractivity contribution in [1.82, 2.24) is 5.32 Å². The van der Waals surface area contributed by atoms with E-state index in [0.717, 1.165) is 29.2 Å². The normalized spacial score (nSPS) is 27.0. The van der Waals surface area contributed by atoms with Gasteiger partial charge >= 0.3 is 0 Å². The van der Waals surface area contributed by atoms with E-state index in [2.05, 4.69) is 51.7 Å². The van der Waals surface area contributed by atoms with Crippen LogP contribution in [0.4, 0.5) is 0 Å². The molecule has 0 radical (unpaired) electrons. The van der Waals surface area contributed by atoms with Gasteiger partial charge in [-0.1, -0.05) is 47.5 Å². The SMILES string of the molecule is CCCC(CCC)C1NC([C@H](C)C(C)C)CS1. The molecule has 1 saturated heterocycles. The third-order valence-corrected chi connectivity index (χ3v) is 5.70. The maximum absolute atomic E-state index is 3.90. The molecule has 17 heavy (non-hydrogen) atoms. The van der Waals surface area contributed by atoms with Crippen molar-refractivity contribution >= 4 is 11.8 Å². The Hall–Kier alpha value is 0.310. The zero-order valence-corrected chi connectivity index (χ0v) is 13.1. The van der Waals surface area contributed by atoms with Gasteiger partial charge in [0.05, 0.1) is 5.37 Å². The zero-order chi connectivity index (χ0) is 12.8. The number of rotatable bonds is 7. The van der Waals surface area contributed by atoms with Crippen LogP contribution in [0.25, 0.3) is 0 Å². The Morgan fingerprint density at radius 1 is 1.12 bits per heavy atom. The average molecular weight is 257 g/mol. The highest BCUT2D eigenvalue weighted by atomic mass is 32.2. The van der Waals surface area contributed by atoms with Crippen molar-refractivity contribution in [1.29, 1.82) is 0 Å². The van der Waals surface area contributed by atoms with Gasteiger partial charge in [-0.2, -0.15) is 0 Å². The summed E-state index contributed by atoms with van der Waals surface area (Å²) >= 11 is 2.17. The molecule has 2 heteroatoms. The highest BCUT2D eigenvalue weighted by Gasteiger charge is 2.33. The lowest BCUT2D eigenvalue weighted by Crippen LogP contribution is -2.40. The van der Waals surface area contributed by atoms with Crippen LogP contribution in [-0.2, 0) is 0 Å². The van der Waals surface area contributed by atoms with Gasteiger partial charge in [0.1, 0.15) is 0 Å². The molecule has 102 valence electrons. The first kappa shape index (κ1) is 15.4. The Morgan fingerprint density at radius 2 is 1.71 bits per heavy atom. The van der Waals surface area contributed by atoms with Gasteiger partial charge in [-0.15, -0.1) is 11.8 Å². The Balaban J connectivity index is 2.46. The average Bonchev–Trinajstić information content (AvgIpc) is 2.76. The molecule has 0 spiro atoms. The van der Waals surface area contributed by atoms with E-state index in [-0.39, 0.29) is 0 Å². The van der Waals surface area contributed by atoms with Crippen LogP contribution in [0.2, 0.25) is 0 Å². The van der Waals surface area contributed by atoms with Crippen molar-refractivity contribution in [2.45, 2.75) is 71.7 Å². The molecular formula is C15H31NS. The monoisotopic (exact) mass is 257 g/mol. The van der Waals surface area contributed by atoms with E-state index < -0.39 is 0 Å². The van der Waals surface area contributed by atoms with Crippen molar-refractivity contribution < 1.29 is 0 Å². The molecular weight excluding hydrogens is 226 g/mol. The maximum atomic E-state index is 3.90. The topological polar surface area (TPSA) is 12.0 Å². The molecule has 1 heterocycles. The molecule has 1 fully saturated rings. The van der Waals surface area contributed by atoms with Crippen molar-refractivity contribution in [2.24, 2.45) is 17.8 Å². The van der Waals surface area contributed by atoms with Gasteiger partial charge in [0.15, 0.2) is 0 Å². The van der Waals surface area contributed by atoms with Gasteiger partial charge in [0, 0.05) is 11.8 Å². The molecule has 1 aliphatic heterocycles. The Labute approximate surface area is 113 Å². The second kappa shape index (κ2) is 7.68. The van der Waals surface area contributed by atoms with Gasteiger partial charge in [0.25, 0.3) is 0 Å². The maximum Gasteiger partial charge on any atom is 0.0563 e. The van der Waals surface area contributed by atoms with E-state index in [9.17, 15) is 0 Å². The van der Waals surface area contributed by atoms with E-state index in [4.69, 9.17) is 0 Å². The van der Waals surface area contributed by atoms with Crippen LogP contribution >= 0.6 is 11.8 Å². The Kier molecular flexibility index (Phi) is 6.94. The largest absolute Gasteiger partial charge is 0.301 e. The summed E-state index contributed by atoms with van der Waals surface area (Å²) in [4.78, 5) is 0. The number of hydrogen-bond donors (Lipinski definition) is 1. The van der Waals surface area contributed by atoms with Gasteiger partial charge in [-0.05, 0) is 30.6 Å². The van der Waals surface area contributed by atoms with E-state index in [1.54, 1.807) is 0 Å². The van der Waals surface area contributed by atoms with Crippen molar-refractivity contribution in [3.05, 3.63) is 0 Å². The van der Waals surface area contributed by atoms with Crippen LogP contribution in [0.3, 0.4) is 0 Å². The summed E-state index contributed by atoms with van der Waals surface area (Å²) in [6, 6.07) is 0.737. The number of nitrogens with one attached hydrogen (secondary N) is 1. The van der Waals surface area contributed by atoms with E-state index in [1.807, 2.05) is 0 Å². The molecule has 1 N–H and O–H groups in total. The summed E-state index contributed by atoms with van der Waals surface area (Å²) in [7, 11) is 0. The second-order valence-electron chi connectivity index (χ2n) is 5.97. The van der Waals surface area contributed by atoms with Gasteiger partial charge in [-0.25, -0.2) is 0 Å². The number of thioether (sulfide) groups is 1. The summed E-state index contributed by atoms with van der Waals surface area (Å²) in [6.07, 6.45) is 5.43. The van der Waals surface area contributed by atoms with Gasteiger partial charge in [-0.3, -0.25) is 0 Å². The second-order valence-corrected chi connectivity index (χ2v) is 7.14. The van der Waals surface area contributed by atoms with Crippen LogP contribution in [-0.4, -0.2) is 17.2 Å². The number of hydrogen-bond acceptors (Lipinski definition) is 2. The standard InChI is InChI=1S/C15H31NS/c1-6-8-13(9-7-2)15-16-14(10-17-15)12(5)11(3)4/h11-16H,6-10H2,1-5H3/t12-,14?,15?/m1/s1. The Bertz CT molecular complexity index is 199. The third-order valence-electron chi connectivity index (χ3n) is 4.27. The molecule has 0 aromatic carbocycles. The molecule has 0 aromatic rings. The first-order chi connectivity index (χ1) is 8.10. The first-order valence-corrected chi connectivity index (χ1v) is 8.52. The van der Waals surface area contributed by atoms with Crippen LogP contribution in [0.1, 0.15) is 60.3 Å². The predicted molar refractivity (Wildman–Crippen MR) is 80.5 cm³/mol. The summed E-state index contributed by atoms with van der Waals surface area (Å²) in [5.74, 6) is 3.80. The summed E-state index contributed by atoms with van der Waals surface area (Å²) in [6.45, 7) is 11.7. The van der Waals surface area contributed by atoms with E-state index in [0.29, 0.717) is 0 Å². The lowest BCUT2D eigenvalue weighted by Gasteiger charge is -2.26. The highest BCUT2D eigenvalue weighted by molar-refractivity contribution is 8.00. The molecule has 0 bridgehead atoms. The molecule has 0 aliphatic carbocycles. The smallest absolute Gasteiger partial charge is 0.0563 e. The van der Waals surface area contributed by atoms with E-state index >= 15 is 0 Å². The fraction of sp³-hybridized carbons (Fsp3) is 1.00. The molecule has 3 atom stereocenters. The third kappa shape index (κ3) is 4.48. The fourth-order valence-electron chi connectivity index (χ4n) is 2.74. The van der Waals surface area contributed by atoms with Gasteiger partial charge < -0.3 is 5.32 Å².